The summed E-state index contributed by atoms with van der Waals surface area (Å²) in [5.74, 6) is 0. The van der Waals surface area contributed by atoms with E-state index in [0.717, 1.165) is 30.5 Å². The number of benzene rings is 1. The maximum atomic E-state index is 6.44. The molecule has 1 saturated carbocycles. The fourth-order valence-corrected chi connectivity index (χ4v) is 3.33. The standard InChI is InChI=1S/C17H22N2O/c1-20-17(10-4-5-11-17)16(18)12-14-9-8-13-6-2-3-7-15(13)19-14/h2-3,6-9,16H,4-5,10-12,18H2,1H3. The number of fused-ring (bicyclic) bond motifs is 1. The third kappa shape index (κ3) is 2.43. The Kier molecular flexibility index (Phi) is 3.72. The van der Waals surface area contributed by atoms with Gasteiger partial charge in [0.2, 0.25) is 0 Å². The molecule has 3 nitrogen and oxygen atoms in total. The van der Waals surface area contributed by atoms with Crippen molar-refractivity contribution >= 4 is 10.9 Å². The molecule has 1 aromatic heterocycles. The fourth-order valence-electron chi connectivity index (χ4n) is 3.33. The molecule has 2 aromatic rings. The number of ether oxygens (including phenoxy) is 1. The fraction of sp³-hybridized carbons (Fsp3) is 0.471. The summed E-state index contributed by atoms with van der Waals surface area (Å²) < 4.78 is 5.77. The van der Waals surface area contributed by atoms with Gasteiger partial charge in [0.15, 0.2) is 0 Å². The van der Waals surface area contributed by atoms with E-state index in [-0.39, 0.29) is 11.6 Å². The van der Waals surface area contributed by atoms with Crippen LogP contribution in [-0.4, -0.2) is 23.7 Å². The lowest BCUT2D eigenvalue weighted by Crippen LogP contribution is -2.48. The van der Waals surface area contributed by atoms with E-state index in [1.165, 1.54) is 18.2 Å². The van der Waals surface area contributed by atoms with E-state index in [4.69, 9.17) is 15.5 Å². The Labute approximate surface area is 120 Å². The average Bonchev–Trinajstić information content (AvgIpc) is 2.97. The van der Waals surface area contributed by atoms with Crippen molar-refractivity contribution in [2.75, 3.05) is 7.11 Å². The molecular weight excluding hydrogens is 248 g/mol. The van der Waals surface area contributed by atoms with Crippen molar-refractivity contribution in [2.45, 2.75) is 43.7 Å². The van der Waals surface area contributed by atoms with Crippen LogP contribution in [0.3, 0.4) is 0 Å². The van der Waals surface area contributed by atoms with Crippen molar-refractivity contribution < 1.29 is 4.74 Å². The first-order valence-electron chi connectivity index (χ1n) is 7.39. The van der Waals surface area contributed by atoms with Crippen molar-refractivity contribution in [3.63, 3.8) is 0 Å². The second-order valence-corrected chi connectivity index (χ2v) is 5.78. The highest BCUT2D eigenvalue weighted by molar-refractivity contribution is 5.78. The molecular formula is C17H22N2O. The van der Waals surface area contributed by atoms with Crippen LogP contribution in [-0.2, 0) is 11.2 Å². The number of para-hydroxylation sites is 1. The number of pyridine rings is 1. The normalized spacial score (nSPS) is 19.3. The highest BCUT2D eigenvalue weighted by Gasteiger charge is 2.39. The van der Waals surface area contributed by atoms with Gasteiger partial charge in [-0.1, -0.05) is 37.1 Å². The smallest absolute Gasteiger partial charge is 0.0832 e. The van der Waals surface area contributed by atoms with Crippen LogP contribution in [0, 0.1) is 0 Å². The number of aromatic nitrogens is 1. The number of nitrogens with two attached hydrogens (primary N) is 1. The van der Waals surface area contributed by atoms with Gasteiger partial charge in [0.1, 0.15) is 0 Å². The van der Waals surface area contributed by atoms with E-state index in [9.17, 15) is 0 Å². The second-order valence-electron chi connectivity index (χ2n) is 5.78. The van der Waals surface area contributed by atoms with Crippen LogP contribution >= 0.6 is 0 Å². The van der Waals surface area contributed by atoms with Crippen molar-refractivity contribution in [1.29, 1.82) is 0 Å². The van der Waals surface area contributed by atoms with Gasteiger partial charge in [0, 0.05) is 30.7 Å². The first-order valence-corrected chi connectivity index (χ1v) is 7.39. The molecule has 2 N–H and O–H groups in total. The van der Waals surface area contributed by atoms with E-state index >= 15 is 0 Å². The first kappa shape index (κ1) is 13.5. The molecule has 1 aromatic carbocycles. The molecule has 0 radical (unpaired) electrons. The van der Waals surface area contributed by atoms with Crippen LogP contribution in [0.25, 0.3) is 10.9 Å². The number of hydrogen-bond acceptors (Lipinski definition) is 3. The highest BCUT2D eigenvalue weighted by Crippen LogP contribution is 2.35. The molecule has 0 amide bonds. The summed E-state index contributed by atoms with van der Waals surface area (Å²) in [4.78, 5) is 4.72. The van der Waals surface area contributed by atoms with Crippen molar-refractivity contribution in [3.8, 4) is 0 Å². The van der Waals surface area contributed by atoms with Crippen LogP contribution in [0.5, 0.6) is 0 Å². The van der Waals surface area contributed by atoms with Crippen LogP contribution in [0.4, 0.5) is 0 Å². The molecule has 20 heavy (non-hydrogen) atoms. The van der Waals surface area contributed by atoms with Crippen LogP contribution < -0.4 is 5.73 Å². The van der Waals surface area contributed by atoms with E-state index in [0.29, 0.717) is 0 Å². The molecule has 1 aliphatic carbocycles. The van der Waals surface area contributed by atoms with Gasteiger partial charge in [0.25, 0.3) is 0 Å². The molecule has 0 bridgehead atoms. The minimum Gasteiger partial charge on any atom is -0.377 e. The topological polar surface area (TPSA) is 48.1 Å². The SMILES string of the molecule is COC1(C(N)Cc2ccc3ccccc3n2)CCCC1. The van der Waals surface area contributed by atoms with E-state index in [2.05, 4.69) is 18.2 Å². The van der Waals surface area contributed by atoms with Crippen LogP contribution in [0.15, 0.2) is 36.4 Å². The Hall–Kier alpha value is -1.45. The van der Waals surface area contributed by atoms with Gasteiger partial charge in [-0.2, -0.15) is 0 Å². The predicted molar refractivity (Wildman–Crippen MR) is 81.6 cm³/mol. The van der Waals surface area contributed by atoms with Gasteiger partial charge >= 0.3 is 0 Å². The Bertz CT molecular complexity index is 590. The summed E-state index contributed by atoms with van der Waals surface area (Å²) in [5.41, 5.74) is 8.38. The number of hydrogen-bond donors (Lipinski definition) is 1. The summed E-state index contributed by atoms with van der Waals surface area (Å²) in [5, 5.41) is 1.17. The summed E-state index contributed by atoms with van der Waals surface area (Å²) in [6, 6.07) is 12.4. The van der Waals surface area contributed by atoms with Gasteiger partial charge in [-0.05, 0) is 25.0 Å². The lowest BCUT2D eigenvalue weighted by atomic mass is 9.89. The lowest BCUT2D eigenvalue weighted by molar-refractivity contribution is -0.0255. The van der Waals surface area contributed by atoms with Crippen LogP contribution in [0.2, 0.25) is 0 Å². The zero-order valence-electron chi connectivity index (χ0n) is 12.0. The van der Waals surface area contributed by atoms with Gasteiger partial charge in [-0.15, -0.1) is 0 Å². The molecule has 1 atom stereocenters. The monoisotopic (exact) mass is 270 g/mol. The Balaban J connectivity index is 1.81. The molecule has 1 aliphatic rings. The molecule has 0 aliphatic heterocycles. The summed E-state index contributed by atoms with van der Waals surface area (Å²) >= 11 is 0. The molecule has 1 fully saturated rings. The minimum absolute atomic E-state index is 0.0173. The van der Waals surface area contributed by atoms with Gasteiger partial charge in [-0.3, -0.25) is 4.98 Å². The molecule has 0 spiro atoms. The van der Waals surface area contributed by atoms with E-state index in [1.807, 2.05) is 18.2 Å². The Morgan fingerprint density at radius 2 is 1.95 bits per heavy atom. The highest BCUT2D eigenvalue weighted by atomic mass is 16.5. The maximum Gasteiger partial charge on any atom is 0.0832 e. The van der Waals surface area contributed by atoms with Gasteiger partial charge in [-0.25, -0.2) is 0 Å². The quantitative estimate of drug-likeness (QED) is 0.929. The Morgan fingerprint density at radius 1 is 1.20 bits per heavy atom. The zero-order valence-corrected chi connectivity index (χ0v) is 12.0. The third-order valence-electron chi connectivity index (χ3n) is 4.62. The lowest BCUT2D eigenvalue weighted by Gasteiger charge is -2.33. The largest absolute Gasteiger partial charge is 0.377 e. The van der Waals surface area contributed by atoms with Crippen molar-refractivity contribution in [2.24, 2.45) is 5.73 Å². The number of methoxy groups -OCH3 is 1. The van der Waals surface area contributed by atoms with Gasteiger partial charge < -0.3 is 10.5 Å². The van der Waals surface area contributed by atoms with E-state index in [1.54, 1.807) is 7.11 Å². The zero-order chi connectivity index (χ0) is 14.0. The summed E-state index contributed by atoms with van der Waals surface area (Å²) in [6.45, 7) is 0. The predicted octanol–water partition coefficient (Wildman–Crippen LogP) is 3.06. The second kappa shape index (κ2) is 5.51. The number of rotatable bonds is 4. The maximum absolute atomic E-state index is 6.44. The number of nitrogens with zero attached hydrogens (tertiary/aromatic N) is 1. The van der Waals surface area contributed by atoms with Crippen LogP contribution in [0.1, 0.15) is 31.4 Å². The molecule has 0 saturated heterocycles. The molecule has 3 heteroatoms. The summed E-state index contributed by atoms with van der Waals surface area (Å²) in [6.07, 6.45) is 5.34. The average molecular weight is 270 g/mol. The van der Waals surface area contributed by atoms with Crippen molar-refractivity contribution in [3.05, 3.63) is 42.1 Å². The molecule has 3 rings (SSSR count). The summed E-state index contributed by atoms with van der Waals surface area (Å²) in [7, 11) is 1.79. The van der Waals surface area contributed by atoms with E-state index < -0.39 is 0 Å². The first-order chi connectivity index (χ1) is 9.73. The van der Waals surface area contributed by atoms with Gasteiger partial charge in [0.05, 0.1) is 11.1 Å². The molecule has 106 valence electrons. The molecule has 1 heterocycles. The van der Waals surface area contributed by atoms with Crippen molar-refractivity contribution in [1.82, 2.24) is 4.98 Å². The Morgan fingerprint density at radius 3 is 2.70 bits per heavy atom. The third-order valence-corrected chi connectivity index (χ3v) is 4.62. The molecule has 1 unspecified atom stereocenters. The minimum atomic E-state index is -0.146.